The Morgan fingerprint density at radius 3 is 2.63 bits per heavy atom. The SMILES string of the molecule is N#CC(=Cc1ccc(-c2cccc(Cl)c2)o1)c1nc(-c2ccccc2)cs1. The van der Waals surface area contributed by atoms with E-state index in [1.165, 1.54) is 11.3 Å². The van der Waals surface area contributed by atoms with Crippen molar-refractivity contribution in [1.29, 1.82) is 5.26 Å². The Morgan fingerprint density at radius 2 is 1.85 bits per heavy atom. The second-order valence-electron chi connectivity index (χ2n) is 5.79. The Kier molecular flexibility index (Phi) is 4.88. The predicted octanol–water partition coefficient (Wildman–Crippen LogP) is 6.79. The number of nitrogens with zero attached hydrogens (tertiary/aromatic N) is 2. The molecule has 2 heterocycles. The Balaban J connectivity index is 1.63. The van der Waals surface area contributed by atoms with Gasteiger partial charge in [0.15, 0.2) is 0 Å². The summed E-state index contributed by atoms with van der Waals surface area (Å²) < 4.78 is 5.86. The third-order valence-corrected chi connectivity index (χ3v) is 5.06. The summed E-state index contributed by atoms with van der Waals surface area (Å²) in [5.74, 6) is 1.29. The molecule has 130 valence electrons. The third kappa shape index (κ3) is 3.85. The highest BCUT2D eigenvalue weighted by molar-refractivity contribution is 7.11. The number of rotatable bonds is 4. The first-order valence-corrected chi connectivity index (χ1v) is 9.47. The third-order valence-electron chi connectivity index (χ3n) is 3.95. The predicted molar refractivity (Wildman–Crippen MR) is 110 cm³/mol. The van der Waals surface area contributed by atoms with Gasteiger partial charge in [0.2, 0.25) is 0 Å². The number of halogens is 1. The molecule has 4 aromatic rings. The summed E-state index contributed by atoms with van der Waals surface area (Å²) in [5, 5.41) is 12.8. The van der Waals surface area contributed by atoms with Crippen LogP contribution in [-0.4, -0.2) is 4.98 Å². The van der Waals surface area contributed by atoms with Crippen molar-refractivity contribution in [3.63, 3.8) is 0 Å². The van der Waals surface area contributed by atoms with Crippen LogP contribution in [0, 0.1) is 11.3 Å². The molecule has 0 aliphatic carbocycles. The van der Waals surface area contributed by atoms with Crippen molar-refractivity contribution in [1.82, 2.24) is 4.98 Å². The van der Waals surface area contributed by atoms with Crippen LogP contribution in [0.25, 0.3) is 34.2 Å². The number of hydrogen-bond donors (Lipinski definition) is 0. The van der Waals surface area contributed by atoms with Gasteiger partial charge >= 0.3 is 0 Å². The van der Waals surface area contributed by atoms with Crippen LogP contribution in [0.3, 0.4) is 0 Å². The molecule has 0 N–H and O–H groups in total. The number of hydrogen-bond acceptors (Lipinski definition) is 4. The molecule has 5 heteroatoms. The summed E-state index contributed by atoms with van der Waals surface area (Å²) in [6, 6.07) is 23.3. The fourth-order valence-electron chi connectivity index (χ4n) is 2.65. The van der Waals surface area contributed by atoms with Crippen molar-refractivity contribution in [3.05, 3.63) is 87.9 Å². The van der Waals surface area contributed by atoms with E-state index in [-0.39, 0.29) is 0 Å². The molecule has 0 unspecified atom stereocenters. The summed E-state index contributed by atoms with van der Waals surface area (Å²) in [4.78, 5) is 4.59. The van der Waals surface area contributed by atoms with Gasteiger partial charge in [-0.25, -0.2) is 4.98 Å². The van der Waals surface area contributed by atoms with Crippen LogP contribution in [0.2, 0.25) is 5.02 Å². The molecule has 4 rings (SSSR count). The van der Waals surface area contributed by atoms with E-state index in [1.54, 1.807) is 6.08 Å². The standard InChI is InChI=1S/C22H13ClN2OS/c23-18-8-4-7-16(11-18)21-10-9-19(26-21)12-17(13-24)22-25-20(14-27-22)15-5-2-1-3-6-15/h1-12,14H. The Bertz CT molecular complexity index is 1150. The van der Waals surface area contributed by atoms with Gasteiger partial charge in [0.1, 0.15) is 22.6 Å². The average Bonchev–Trinajstić information content (AvgIpc) is 3.37. The minimum Gasteiger partial charge on any atom is -0.457 e. The van der Waals surface area contributed by atoms with Crippen molar-refractivity contribution < 1.29 is 4.42 Å². The quantitative estimate of drug-likeness (QED) is 0.362. The summed E-state index contributed by atoms with van der Waals surface area (Å²) in [6.45, 7) is 0. The lowest BCUT2D eigenvalue weighted by atomic mass is 10.2. The number of aromatic nitrogens is 1. The van der Waals surface area contributed by atoms with Gasteiger partial charge in [-0.05, 0) is 24.3 Å². The van der Waals surface area contributed by atoms with Crippen LogP contribution >= 0.6 is 22.9 Å². The van der Waals surface area contributed by atoms with Gasteiger partial charge in [-0.3, -0.25) is 0 Å². The zero-order valence-corrected chi connectivity index (χ0v) is 15.7. The van der Waals surface area contributed by atoms with Crippen LogP contribution in [-0.2, 0) is 0 Å². The number of furan rings is 1. The molecule has 2 aromatic heterocycles. The van der Waals surface area contributed by atoms with Crippen molar-refractivity contribution in [2.45, 2.75) is 0 Å². The van der Waals surface area contributed by atoms with Gasteiger partial charge in [0, 0.05) is 27.6 Å². The number of benzene rings is 2. The van der Waals surface area contributed by atoms with E-state index in [0.29, 0.717) is 27.1 Å². The molecule has 0 bridgehead atoms. The Hall–Kier alpha value is -3.13. The molecule has 0 aliphatic heterocycles. The van der Waals surface area contributed by atoms with Crippen LogP contribution in [0.5, 0.6) is 0 Å². The van der Waals surface area contributed by atoms with Crippen LogP contribution in [0.4, 0.5) is 0 Å². The molecule has 0 aliphatic rings. The summed E-state index contributed by atoms with van der Waals surface area (Å²) >= 11 is 7.48. The summed E-state index contributed by atoms with van der Waals surface area (Å²) in [5.41, 5.74) is 3.24. The number of nitriles is 1. The van der Waals surface area contributed by atoms with Gasteiger partial charge in [0.25, 0.3) is 0 Å². The molecule has 3 nitrogen and oxygen atoms in total. The molecule has 0 radical (unpaired) electrons. The second kappa shape index (κ2) is 7.63. The monoisotopic (exact) mass is 388 g/mol. The molecule has 0 amide bonds. The lowest BCUT2D eigenvalue weighted by molar-refractivity contribution is 0.572. The Labute approximate surface area is 165 Å². The van der Waals surface area contributed by atoms with E-state index >= 15 is 0 Å². The van der Waals surface area contributed by atoms with Crippen molar-refractivity contribution >= 4 is 34.6 Å². The lowest BCUT2D eigenvalue weighted by Gasteiger charge is -1.97. The maximum Gasteiger partial charge on any atom is 0.134 e. The average molecular weight is 389 g/mol. The van der Waals surface area contributed by atoms with Gasteiger partial charge in [-0.1, -0.05) is 54.1 Å². The van der Waals surface area contributed by atoms with E-state index in [9.17, 15) is 5.26 Å². The van der Waals surface area contributed by atoms with Crippen LogP contribution < -0.4 is 0 Å². The topological polar surface area (TPSA) is 49.8 Å². The van der Waals surface area contributed by atoms with E-state index in [0.717, 1.165) is 16.8 Å². The first-order chi connectivity index (χ1) is 13.2. The van der Waals surface area contributed by atoms with Crippen molar-refractivity contribution in [2.75, 3.05) is 0 Å². The van der Waals surface area contributed by atoms with Gasteiger partial charge < -0.3 is 4.42 Å². The molecule has 0 atom stereocenters. The molecule has 0 fully saturated rings. The largest absolute Gasteiger partial charge is 0.457 e. The maximum atomic E-state index is 9.57. The highest BCUT2D eigenvalue weighted by Gasteiger charge is 2.11. The molecule has 0 spiro atoms. The maximum absolute atomic E-state index is 9.57. The lowest BCUT2D eigenvalue weighted by Crippen LogP contribution is -1.82. The van der Waals surface area contributed by atoms with Crippen LogP contribution in [0.1, 0.15) is 10.8 Å². The van der Waals surface area contributed by atoms with Crippen LogP contribution in [0.15, 0.2) is 76.5 Å². The fraction of sp³-hybridized carbons (Fsp3) is 0. The minimum absolute atomic E-state index is 0.467. The first-order valence-electron chi connectivity index (χ1n) is 8.22. The Morgan fingerprint density at radius 1 is 1.04 bits per heavy atom. The van der Waals surface area contributed by atoms with Crippen molar-refractivity contribution in [2.24, 2.45) is 0 Å². The second-order valence-corrected chi connectivity index (χ2v) is 7.08. The van der Waals surface area contributed by atoms with Gasteiger partial charge in [-0.15, -0.1) is 11.3 Å². The molecule has 0 saturated carbocycles. The van der Waals surface area contributed by atoms with Crippen molar-refractivity contribution in [3.8, 4) is 28.7 Å². The molecule has 2 aromatic carbocycles. The summed E-state index contributed by atoms with van der Waals surface area (Å²) in [6.07, 6.45) is 1.71. The highest BCUT2D eigenvalue weighted by atomic mass is 35.5. The normalized spacial score (nSPS) is 11.3. The number of thiazole rings is 1. The smallest absolute Gasteiger partial charge is 0.134 e. The number of allylic oxidation sites excluding steroid dienone is 1. The molecule has 27 heavy (non-hydrogen) atoms. The fourth-order valence-corrected chi connectivity index (χ4v) is 3.64. The highest BCUT2D eigenvalue weighted by Crippen LogP contribution is 2.29. The zero-order valence-electron chi connectivity index (χ0n) is 14.1. The first kappa shape index (κ1) is 17.3. The van der Waals surface area contributed by atoms with E-state index in [1.807, 2.05) is 72.1 Å². The molecule has 0 saturated heterocycles. The molecular formula is C22H13ClN2OS. The van der Waals surface area contributed by atoms with E-state index in [4.69, 9.17) is 16.0 Å². The van der Waals surface area contributed by atoms with Gasteiger partial charge in [-0.2, -0.15) is 5.26 Å². The minimum atomic E-state index is 0.467. The zero-order chi connectivity index (χ0) is 18.6. The van der Waals surface area contributed by atoms with E-state index < -0.39 is 0 Å². The van der Waals surface area contributed by atoms with E-state index in [2.05, 4.69) is 11.1 Å². The van der Waals surface area contributed by atoms with Gasteiger partial charge in [0.05, 0.1) is 11.3 Å². The summed E-state index contributed by atoms with van der Waals surface area (Å²) in [7, 11) is 0. The molecular weight excluding hydrogens is 376 g/mol.